The molecule has 45 heavy (non-hydrogen) atoms. The van der Waals surface area contributed by atoms with Gasteiger partial charge >= 0.3 is 5.97 Å². The zero-order valence-electron chi connectivity index (χ0n) is 24.5. The third kappa shape index (κ3) is 8.04. The lowest BCUT2D eigenvalue weighted by Crippen LogP contribution is -2.47. The highest BCUT2D eigenvalue weighted by atomic mass is 31.2. The number of piperazine rings is 1. The highest BCUT2D eigenvalue weighted by Crippen LogP contribution is 2.51. The van der Waals surface area contributed by atoms with E-state index in [9.17, 15) is 39.1 Å². The molecule has 15 heteroatoms. The molecule has 0 unspecified atom stereocenters. The van der Waals surface area contributed by atoms with Gasteiger partial charge in [-0.05, 0) is 62.1 Å². The Morgan fingerprint density at radius 2 is 1.67 bits per heavy atom. The molecule has 1 saturated carbocycles. The summed E-state index contributed by atoms with van der Waals surface area (Å²) in [5, 5.41) is 8.58. The summed E-state index contributed by atoms with van der Waals surface area (Å²) in [6, 6.07) is 9.64. The Hall–Kier alpha value is -3.02. The van der Waals surface area contributed by atoms with Crippen LogP contribution in [0.1, 0.15) is 58.9 Å². The Labute approximate surface area is 261 Å². The second kappa shape index (κ2) is 14.6. The van der Waals surface area contributed by atoms with E-state index in [0.29, 0.717) is 68.1 Å². The molecule has 2 aromatic carbocycles. The van der Waals surface area contributed by atoms with Gasteiger partial charge in [0.25, 0.3) is 0 Å². The monoisotopic (exact) mass is 663 g/mol. The van der Waals surface area contributed by atoms with Crippen LogP contribution in [0.4, 0.5) is 10.1 Å². The molecule has 3 aromatic rings. The largest absolute Gasteiger partial charge is 0.494 e. The van der Waals surface area contributed by atoms with E-state index in [4.69, 9.17) is 4.74 Å². The van der Waals surface area contributed by atoms with Gasteiger partial charge in [0.2, 0.25) is 5.43 Å². The number of halogens is 1. The second-order valence-electron chi connectivity index (χ2n) is 11.3. The molecular formula is C30H36FN3O9P2. The van der Waals surface area contributed by atoms with Crippen LogP contribution in [0.5, 0.6) is 5.75 Å². The number of aromatic nitrogens is 1. The van der Waals surface area contributed by atoms with Crippen molar-refractivity contribution in [2.24, 2.45) is 0 Å². The van der Waals surface area contributed by atoms with Gasteiger partial charge in [-0.3, -0.25) is 14.5 Å². The molecule has 0 bridgehead atoms. The van der Waals surface area contributed by atoms with Crippen molar-refractivity contribution in [1.29, 1.82) is 0 Å². The van der Waals surface area contributed by atoms with E-state index in [1.165, 1.54) is 6.20 Å². The van der Waals surface area contributed by atoms with Crippen LogP contribution in [0.15, 0.2) is 47.4 Å². The van der Waals surface area contributed by atoms with Crippen LogP contribution in [0.2, 0.25) is 0 Å². The van der Waals surface area contributed by atoms with Gasteiger partial charge in [-0.25, -0.2) is 9.18 Å². The number of hydrogen-bond donors (Lipinski definition) is 5. The number of pyridine rings is 1. The summed E-state index contributed by atoms with van der Waals surface area (Å²) in [5.74, 6) is -1.38. The Bertz CT molecular complexity index is 1580. The van der Waals surface area contributed by atoms with Gasteiger partial charge < -0.3 is 38.9 Å². The quantitative estimate of drug-likeness (QED) is 0.0969. The summed E-state index contributed by atoms with van der Waals surface area (Å²) in [6.07, 6.45) is 4.03. The number of fused-ring (bicyclic) bond motifs is 1. The number of aromatic carboxylic acids is 1. The number of carbonyl (C=O) groups excluding carboxylic acids is 1. The number of benzene rings is 2. The van der Waals surface area contributed by atoms with Crippen molar-refractivity contribution in [3.05, 3.63) is 69.8 Å². The fourth-order valence-electron chi connectivity index (χ4n) is 5.54. The van der Waals surface area contributed by atoms with Crippen molar-refractivity contribution in [3.63, 3.8) is 0 Å². The number of ether oxygens (including phenoxy) is 1. The first-order valence-corrected chi connectivity index (χ1v) is 17.4. The van der Waals surface area contributed by atoms with Crippen LogP contribution in [-0.2, 0) is 0 Å². The average Bonchev–Trinajstić information content (AvgIpc) is 3.86. The normalized spacial score (nSPS) is 15.9. The Morgan fingerprint density at radius 3 is 2.27 bits per heavy atom. The molecule has 1 aliphatic carbocycles. The van der Waals surface area contributed by atoms with Crippen LogP contribution in [0, 0.1) is 5.82 Å². The van der Waals surface area contributed by atoms with Crippen LogP contribution < -0.4 is 15.1 Å². The lowest BCUT2D eigenvalue weighted by atomic mass is 10.1. The van der Waals surface area contributed by atoms with Crippen molar-refractivity contribution in [2.75, 3.05) is 44.2 Å². The number of hydrogen-bond acceptors (Lipinski definition) is 10. The molecule has 5 rings (SSSR count). The van der Waals surface area contributed by atoms with Crippen LogP contribution >= 0.6 is 16.8 Å². The van der Waals surface area contributed by atoms with Crippen molar-refractivity contribution in [1.82, 2.24) is 9.47 Å². The van der Waals surface area contributed by atoms with Gasteiger partial charge in [0, 0.05) is 62.3 Å². The number of carboxylic acids is 1. The average molecular weight is 664 g/mol. The maximum atomic E-state index is 15.3. The zero-order valence-corrected chi connectivity index (χ0v) is 26.2. The molecule has 5 N–H and O–H groups in total. The van der Waals surface area contributed by atoms with E-state index < -0.39 is 39.4 Å². The fourth-order valence-corrected chi connectivity index (χ4v) is 7.11. The number of carbonyl (C=O) groups is 2. The number of ketones is 1. The first-order chi connectivity index (χ1) is 21.5. The molecule has 242 valence electrons. The minimum absolute atomic E-state index is 0.0235. The van der Waals surface area contributed by atoms with E-state index in [0.717, 1.165) is 18.9 Å². The highest BCUT2D eigenvalue weighted by molar-refractivity contribution is 7.64. The fraction of sp³-hybridized carbons (Fsp3) is 0.433. The first-order valence-electron chi connectivity index (χ1n) is 14.7. The van der Waals surface area contributed by atoms with Gasteiger partial charge in [-0.2, -0.15) is 0 Å². The predicted octanol–water partition coefficient (Wildman–Crippen LogP) is 3.65. The molecule has 1 aromatic heterocycles. The lowest BCUT2D eigenvalue weighted by Gasteiger charge is -2.36. The smallest absolute Gasteiger partial charge is 0.341 e. The number of carboxylic acid groups (broad SMARTS) is 1. The summed E-state index contributed by atoms with van der Waals surface area (Å²) in [6.45, 7) is 3.09. The number of rotatable bonds is 14. The van der Waals surface area contributed by atoms with Crippen LogP contribution in [0.3, 0.4) is 0 Å². The van der Waals surface area contributed by atoms with E-state index >= 15 is 4.39 Å². The summed E-state index contributed by atoms with van der Waals surface area (Å²) in [4.78, 5) is 78.3. The second-order valence-corrected chi connectivity index (χ2v) is 14.2. The molecule has 2 aliphatic rings. The van der Waals surface area contributed by atoms with Crippen LogP contribution in [-0.4, -0.2) is 90.6 Å². The molecule has 0 radical (unpaired) electrons. The Morgan fingerprint density at radius 1 is 1.00 bits per heavy atom. The maximum absolute atomic E-state index is 15.3. The Kier molecular flexibility index (Phi) is 10.8. The highest BCUT2D eigenvalue weighted by Gasteiger charge is 2.29. The molecule has 1 saturated heterocycles. The third-order valence-electron chi connectivity index (χ3n) is 8.22. The maximum Gasteiger partial charge on any atom is 0.341 e. The predicted molar refractivity (Wildman–Crippen MR) is 169 cm³/mol. The van der Waals surface area contributed by atoms with E-state index in [2.05, 4.69) is 4.90 Å². The molecule has 1 aliphatic heterocycles. The number of Topliss-reactive ketones (excluding diaryl/α,β-unsaturated/α-hetero) is 1. The van der Waals surface area contributed by atoms with Gasteiger partial charge in [0.1, 0.15) is 17.1 Å². The minimum Gasteiger partial charge on any atom is -0.494 e. The summed E-state index contributed by atoms with van der Waals surface area (Å²) in [7, 11) is -4.86. The molecule has 2 heterocycles. The van der Waals surface area contributed by atoms with Gasteiger partial charge in [-0.1, -0.05) is 0 Å². The van der Waals surface area contributed by atoms with Crippen molar-refractivity contribution in [3.8, 4) is 5.75 Å². The van der Waals surface area contributed by atoms with Crippen molar-refractivity contribution < 1.29 is 43.4 Å². The van der Waals surface area contributed by atoms with Crippen LogP contribution in [0.25, 0.3) is 10.9 Å². The van der Waals surface area contributed by atoms with Gasteiger partial charge in [0.05, 0.1) is 23.2 Å². The third-order valence-corrected chi connectivity index (χ3v) is 11.0. The molecule has 0 amide bonds. The molecular weight excluding hydrogens is 627 g/mol. The topological polar surface area (TPSA) is 173 Å². The molecule has 0 spiro atoms. The van der Waals surface area contributed by atoms with E-state index in [-0.39, 0.29) is 35.8 Å². The number of anilines is 1. The molecule has 2 fully saturated rings. The summed E-state index contributed by atoms with van der Waals surface area (Å²) >= 11 is 0. The molecule has 0 atom stereocenters. The SMILES string of the molecule is O=C(CCN1CCN(c2cc3c(cc2F)c(=O)c(C(=O)O)cn3C2CC2)CC1)c1ccc(OCCCC(P(O)O)P(O)O)cc1. The van der Waals surface area contributed by atoms with E-state index in [1.807, 2.05) is 4.90 Å². The standard InChI is InChI=1S/C30H36FN3O9P2/c31-24-16-22-25(34(20-5-6-20)18-23(29(22)36)30(37)38)17-26(24)33-13-11-32(12-14-33)10-9-27(35)19-3-7-21(8-4-19)43-15-1-2-28(44(39)40)45(41)42/h3-4,7-8,16-18,20,28,39-42H,1-2,5-6,9-15H2,(H,37,38). The first kappa shape index (κ1) is 33.3. The van der Waals surface area contributed by atoms with Gasteiger partial charge in [-0.15, -0.1) is 0 Å². The summed E-state index contributed by atoms with van der Waals surface area (Å²) < 4.78 is 22.7. The molecule has 12 nitrogen and oxygen atoms in total. The van der Waals surface area contributed by atoms with E-state index in [1.54, 1.807) is 34.9 Å². The lowest BCUT2D eigenvalue weighted by molar-refractivity contribution is 0.0694. The minimum atomic E-state index is -2.43. The van der Waals surface area contributed by atoms with Crippen molar-refractivity contribution in [2.45, 2.75) is 43.5 Å². The van der Waals surface area contributed by atoms with Gasteiger partial charge in [0.15, 0.2) is 22.5 Å². The Balaban J connectivity index is 1.12. The number of nitrogens with zero attached hydrogens (tertiary/aromatic N) is 3. The summed E-state index contributed by atoms with van der Waals surface area (Å²) in [5.41, 5.74) is 0.404. The van der Waals surface area contributed by atoms with Crippen molar-refractivity contribution >= 4 is 45.1 Å². The zero-order chi connectivity index (χ0) is 32.2.